The number of hydrogen-bond donors (Lipinski definition) is 1. The van der Waals surface area contributed by atoms with Gasteiger partial charge in [-0.05, 0) is 12.4 Å². The normalized spacial score (nSPS) is 15.2. The zero-order chi connectivity index (χ0) is 7.07. The highest BCUT2D eigenvalue weighted by atomic mass is 17.2. The monoisotopic (exact) mass is 140 g/mol. The Labute approximate surface area is 59.7 Å². The molecule has 1 fully saturated rings. The van der Waals surface area contributed by atoms with Crippen LogP contribution in [-0.2, 0) is 9.69 Å². The van der Waals surface area contributed by atoms with E-state index in [1.165, 1.54) is 0 Å². The Hall–Kier alpha value is -0.805. The summed E-state index contributed by atoms with van der Waals surface area (Å²) >= 11 is 0. The Balaban J connectivity index is 0.0000001000. The topological polar surface area (TPSA) is 47.1 Å². The second kappa shape index (κ2) is 5.02. The van der Waals surface area contributed by atoms with Gasteiger partial charge >= 0.3 is 7.48 Å². The van der Waals surface area contributed by atoms with Crippen molar-refractivity contribution in [3.63, 3.8) is 0 Å². The van der Waals surface area contributed by atoms with Crippen LogP contribution in [0.3, 0.4) is 0 Å². The van der Waals surface area contributed by atoms with E-state index in [1.54, 1.807) is 12.4 Å². The third-order valence-electron chi connectivity index (χ3n) is 0.945. The lowest BCUT2D eigenvalue weighted by Crippen LogP contribution is -1.78. The minimum atomic E-state index is 0.778. The summed E-state index contributed by atoms with van der Waals surface area (Å²) in [4.78, 5) is 8.89. The molecule has 1 saturated heterocycles. The second-order valence-corrected chi connectivity index (χ2v) is 1.76. The van der Waals surface area contributed by atoms with Gasteiger partial charge < -0.3 is 4.81 Å². The minimum Gasteiger partial charge on any atom is -0.310 e. The molecule has 0 atom stereocenters. The average Bonchev–Trinajstić information content (AvgIpc) is 2.67. The van der Waals surface area contributed by atoms with Gasteiger partial charge in [0.15, 0.2) is 0 Å². The number of rotatable bonds is 0. The van der Waals surface area contributed by atoms with E-state index in [-0.39, 0.29) is 0 Å². The summed E-state index contributed by atoms with van der Waals surface area (Å²) in [6.07, 6.45) is 4.51. The summed E-state index contributed by atoms with van der Waals surface area (Å²) < 4.78 is 0. The summed E-state index contributed by atoms with van der Waals surface area (Å²) in [7, 11) is 0.778. The summed E-state index contributed by atoms with van der Waals surface area (Å²) in [5, 5.41) is 6.21. The predicted octanol–water partition coefficient (Wildman–Crippen LogP) is 0.128. The molecule has 0 bridgehead atoms. The van der Waals surface area contributed by atoms with Gasteiger partial charge in [0.2, 0.25) is 0 Å². The van der Waals surface area contributed by atoms with Crippen molar-refractivity contribution in [2.24, 2.45) is 0 Å². The first-order valence-corrected chi connectivity index (χ1v) is 3.18. The van der Waals surface area contributed by atoms with E-state index in [9.17, 15) is 0 Å². The maximum absolute atomic E-state index is 4.44. The Bertz CT molecular complexity index is 117. The second-order valence-electron chi connectivity index (χ2n) is 1.76. The van der Waals surface area contributed by atoms with Gasteiger partial charge in [-0.25, -0.2) is 0 Å². The van der Waals surface area contributed by atoms with Crippen molar-refractivity contribution in [2.45, 2.75) is 6.32 Å². The van der Waals surface area contributed by atoms with Gasteiger partial charge in [-0.3, -0.25) is 9.99 Å². The van der Waals surface area contributed by atoms with Crippen molar-refractivity contribution in [3.05, 3.63) is 18.5 Å². The van der Waals surface area contributed by atoms with Gasteiger partial charge in [-0.15, -0.1) is 0 Å². The van der Waals surface area contributed by atoms with Gasteiger partial charge in [-0.2, -0.15) is 5.10 Å². The van der Waals surface area contributed by atoms with Crippen molar-refractivity contribution in [1.29, 1.82) is 0 Å². The van der Waals surface area contributed by atoms with Crippen LogP contribution in [0.2, 0.25) is 6.32 Å². The van der Waals surface area contributed by atoms with E-state index in [1.807, 2.05) is 6.07 Å². The van der Waals surface area contributed by atoms with E-state index in [2.05, 4.69) is 19.9 Å². The van der Waals surface area contributed by atoms with Gasteiger partial charge in [0.1, 0.15) is 0 Å². The highest BCUT2D eigenvalue weighted by molar-refractivity contribution is 6.27. The number of aromatic amines is 1. The fraction of sp³-hybridized carbons (Fsp3) is 0.400. The number of aromatic nitrogens is 2. The molecule has 2 heterocycles. The molecule has 1 aliphatic rings. The van der Waals surface area contributed by atoms with Crippen molar-refractivity contribution in [3.8, 4) is 0 Å². The van der Waals surface area contributed by atoms with Crippen molar-refractivity contribution < 1.29 is 9.69 Å². The molecule has 0 aromatic carbocycles. The summed E-state index contributed by atoms with van der Waals surface area (Å²) in [5.74, 6) is 0. The molecule has 1 N–H and O–H groups in total. The van der Waals surface area contributed by atoms with E-state index >= 15 is 0 Å². The van der Waals surface area contributed by atoms with Crippen LogP contribution in [0.5, 0.6) is 0 Å². The Kier molecular flexibility index (Phi) is 3.66. The molecule has 5 heteroatoms. The first-order chi connectivity index (χ1) is 5.00. The number of nitrogens with zero attached hydrogens (tertiary/aromatic N) is 1. The average molecular weight is 140 g/mol. The number of H-pyrrole nitrogens is 1. The molecule has 10 heavy (non-hydrogen) atoms. The van der Waals surface area contributed by atoms with Crippen LogP contribution in [0.25, 0.3) is 0 Å². The molecular formula is C5H9BN2O2. The van der Waals surface area contributed by atoms with Crippen LogP contribution in [0.4, 0.5) is 0 Å². The maximum atomic E-state index is 4.44. The molecule has 1 aromatic rings. The third-order valence-corrected chi connectivity index (χ3v) is 0.945. The number of nitrogens with one attached hydrogen (secondary N) is 1. The molecular weight excluding hydrogens is 131 g/mol. The fourth-order valence-corrected chi connectivity index (χ4v) is 0.510. The summed E-state index contributed by atoms with van der Waals surface area (Å²) in [6.45, 7) is 0.778. The van der Waals surface area contributed by atoms with Crippen LogP contribution < -0.4 is 0 Å². The van der Waals surface area contributed by atoms with E-state index in [0.29, 0.717) is 0 Å². The van der Waals surface area contributed by atoms with E-state index in [0.717, 1.165) is 20.4 Å². The molecule has 0 unspecified atom stereocenters. The predicted molar refractivity (Wildman–Crippen MR) is 37.6 cm³/mol. The summed E-state index contributed by atoms with van der Waals surface area (Å²) in [5.41, 5.74) is 0. The Morgan fingerprint density at radius 3 is 2.80 bits per heavy atom. The van der Waals surface area contributed by atoms with Gasteiger partial charge in [0.05, 0.1) is 6.61 Å². The lowest BCUT2D eigenvalue weighted by atomic mass is 9.99. The number of hydrogen-bond acceptors (Lipinski definition) is 3. The van der Waals surface area contributed by atoms with Gasteiger partial charge in [0.25, 0.3) is 0 Å². The van der Waals surface area contributed by atoms with Crippen LogP contribution >= 0.6 is 0 Å². The maximum Gasteiger partial charge on any atom is 0.325 e. The Morgan fingerprint density at radius 1 is 1.60 bits per heavy atom. The lowest BCUT2D eigenvalue weighted by molar-refractivity contribution is -0.181. The highest BCUT2D eigenvalue weighted by Crippen LogP contribution is 1.91. The third kappa shape index (κ3) is 3.27. The standard InChI is InChI=1S/C3H4N2.C2H5BO2/c2*1-2-4-5-3-1/h1-3H,(H,4,5);3H,1-2H2. The molecule has 0 aliphatic carbocycles. The van der Waals surface area contributed by atoms with Crippen LogP contribution in [0.15, 0.2) is 18.5 Å². The van der Waals surface area contributed by atoms with E-state index in [4.69, 9.17) is 0 Å². The first kappa shape index (κ1) is 7.30. The summed E-state index contributed by atoms with van der Waals surface area (Å²) in [6, 6.07) is 1.83. The fourth-order valence-electron chi connectivity index (χ4n) is 0.510. The molecule has 0 amide bonds. The zero-order valence-corrected chi connectivity index (χ0v) is 5.62. The minimum absolute atomic E-state index is 0.778. The SMILES string of the molecule is B1CCOO1.c1cn[nH]c1. The van der Waals surface area contributed by atoms with Gasteiger partial charge in [-0.1, -0.05) is 0 Å². The molecule has 0 spiro atoms. The van der Waals surface area contributed by atoms with Crippen molar-refractivity contribution in [2.75, 3.05) is 6.61 Å². The molecule has 0 radical (unpaired) electrons. The smallest absolute Gasteiger partial charge is 0.310 e. The molecule has 2 rings (SSSR count). The molecule has 0 saturated carbocycles. The molecule has 54 valence electrons. The zero-order valence-electron chi connectivity index (χ0n) is 5.62. The van der Waals surface area contributed by atoms with Crippen molar-refractivity contribution >= 4 is 7.48 Å². The molecule has 1 aromatic heterocycles. The quantitative estimate of drug-likeness (QED) is 0.411. The Morgan fingerprint density at radius 2 is 2.60 bits per heavy atom. The largest absolute Gasteiger partial charge is 0.325 e. The van der Waals surface area contributed by atoms with Crippen molar-refractivity contribution in [1.82, 2.24) is 10.2 Å². The van der Waals surface area contributed by atoms with Crippen LogP contribution in [0, 0.1) is 0 Å². The van der Waals surface area contributed by atoms with E-state index < -0.39 is 0 Å². The van der Waals surface area contributed by atoms with Crippen LogP contribution in [0.1, 0.15) is 0 Å². The molecule has 1 aliphatic heterocycles. The molecule has 4 nitrogen and oxygen atoms in total. The van der Waals surface area contributed by atoms with Crippen LogP contribution in [-0.4, -0.2) is 24.3 Å². The highest BCUT2D eigenvalue weighted by Gasteiger charge is 1.99. The lowest BCUT2D eigenvalue weighted by Gasteiger charge is -1.79. The first-order valence-electron chi connectivity index (χ1n) is 3.18. The van der Waals surface area contributed by atoms with Gasteiger partial charge in [0, 0.05) is 12.4 Å².